The van der Waals surface area contributed by atoms with Crippen LogP contribution >= 0.6 is 0 Å². The van der Waals surface area contributed by atoms with Crippen molar-refractivity contribution in [1.29, 1.82) is 0 Å². The standard InChI is InChI=1S/C26H16N2/c1-2-5-17(6-3-1)23-15-27-16-24(28-23)21-13-11-20-10-9-18-7-4-8-19-12-14-22(21)26(20)25(18)19/h1-16H. The van der Waals surface area contributed by atoms with Gasteiger partial charge in [0.15, 0.2) is 0 Å². The van der Waals surface area contributed by atoms with Gasteiger partial charge < -0.3 is 0 Å². The van der Waals surface area contributed by atoms with Crippen LogP contribution in [0.25, 0.3) is 54.8 Å². The number of hydrogen-bond donors (Lipinski definition) is 0. The molecule has 6 rings (SSSR count). The van der Waals surface area contributed by atoms with Gasteiger partial charge in [-0.2, -0.15) is 0 Å². The van der Waals surface area contributed by atoms with Crippen LogP contribution in [0, 0.1) is 0 Å². The van der Waals surface area contributed by atoms with Gasteiger partial charge in [0, 0.05) is 11.1 Å². The second-order valence-electron chi connectivity index (χ2n) is 7.12. The van der Waals surface area contributed by atoms with Crippen LogP contribution in [0.3, 0.4) is 0 Å². The number of aromatic nitrogens is 2. The summed E-state index contributed by atoms with van der Waals surface area (Å²) in [5.41, 5.74) is 3.99. The average Bonchev–Trinajstić information content (AvgIpc) is 2.78. The number of benzene rings is 5. The van der Waals surface area contributed by atoms with E-state index in [0.29, 0.717) is 0 Å². The first-order chi connectivity index (χ1) is 13.9. The number of rotatable bonds is 2. The Morgan fingerprint density at radius 2 is 1.18 bits per heavy atom. The molecule has 0 saturated carbocycles. The third kappa shape index (κ3) is 2.21. The van der Waals surface area contributed by atoms with Crippen LogP contribution in [0.1, 0.15) is 0 Å². The Labute approximate surface area is 162 Å². The summed E-state index contributed by atoms with van der Waals surface area (Å²) in [5.74, 6) is 0. The van der Waals surface area contributed by atoms with Crippen molar-refractivity contribution >= 4 is 32.3 Å². The highest BCUT2D eigenvalue weighted by Crippen LogP contribution is 2.38. The molecule has 0 spiro atoms. The third-order valence-corrected chi connectivity index (χ3v) is 5.51. The Hall–Kier alpha value is -3.78. The lowest BCUT2D eigenvalue weighted by Crippen LogP contribution is -1.92. The lowest BCUT2D eigenvalue weighted by molar-refractivity contribution is 1.21. The van der Waals surface area contributed by atoms with Gasteiger partial charge in [0.25, 0.3) is 0 Å². The zero-order valence-corrected chi connectivity index (χ0v) is 15.1. The molecule has 0 unspecified atom stereocenters. The minimum absolute atomic E-state index is 0.892. The maximum Gasteiger partial charge on any atom is 0.0898 e. The molecular formula is C26H16N2. The van der Waals surface area contributed by atoms with Gasteiger partial charge in [-0.3, -0.25) is 4.98 Å². The fraction of sp³-hybridized carbons (Fsp3) is 0. The summed E-state index contributed by atoms with van der Waals surface area (Å²) in [7, 11) is 0. The van der Waals surface area contributed by atoms with Gasteiger partial charge in [0.1, 0.15) is 0 Å². The van der Waals surface area contributed by atoms with E-state index in [1.54, 1.807) is 0 Å². The van der Waals surface area contributed by atoms with E-state index in [1.165, 1.54) is 32.3 Å². The zero-order chi connectivity index (χ0) is 18.5. The molecule has 0 aliphatic heterocycles. The van der Waals surface area contributed by atoms with Crippen molar-refractivity contribution in [3.05, 3.63) is 97.3 Å². The summed E-state index contributed by atoms with van der Waals surface area (Å²) in [6.07, 6.45) is 3.69. The molecule has 5 aromatic carbocycles. The molecule has 2 heteroatoms. The van der Waals surface area contributed by atoms with Crippen molar-refractivity contribution in [2.45, 2.75) is 0 Å². The van der Waals surface area contributed by atoms with Crippen molar-refractivity contribution < 1.29 is 0 Å². The molecule has 2 nitrogen and oxygen atoms in total. The van der Waals surface area contributed by atoms with E-state index in [4.69, 9.17) is 4.98 Å². The highest BCUT2D eigenvalue weighted by molar-refractivity contribution is 6.25. The summed E-state index contributed by atoms with van der Waals surface area (Å²) < 4.78 is 0. The Morgan fingerprint density at radius 3 is 2.00 bits per heavy atom. The van der Waals surface area contributed by atoms with Crippen LogP contribution in [-0.2, 0) is 0 Å². The van der Waals surface area contributed by atoms with Crippen LogP contribution in [0.2, 0.25) is 0 Å². The second-order valence-corrected chi connectivity index (χ2v) is 7.12. The molecule has 0 bridgehead atoms. The SMILES string of the molecule is c1ccc(-c2cncc(-c3ccc4ccc5cccc6ccc3c4c56)n2)cc1. The van der Waals surface area contributed by atoms with Crippen molar-refractivity contribution in [2.24, 2.45) is 0 Å². The zero-order valence-electron chi connectivity index (χ0n) is 15.1. The maximum absolute atomic E-state index is 4.93. The third-order valence-electron chi connectivity index (χ3n) is 5.51. The summed E-state index contributed by atoms with van der Waals surface area (Å²) in [6, 6.07) is 29.9. The number of hydrogen-bond acceptors (Lipinski definition) is 2. The molecule has 0 aliphatic carbocycles. The summed E-state index contributed by atoms with van der Waals surface area (Å²) in [6.45, 7) is 0. The Kier molecular flexibility index (Phi) is 3.20. The minimum atomic E-state index is 0.892. The lowest BCUT2D eigenvalue weighted by Gasteiger charge is -2.14. The predicted octanol–water partition coefficient (Wildman–Crippen LogP) is 6.71. The van der Waals surface area contributed by atoms with Crippen LogP contribution in [0.15, 0.2) is 97.3 Å². The van der Waals surface area contributed by atoms with E-state index in [1.807, 2.05) is 30.6 Å². The molecule has 0 fully saturated rings. The van der Waals surface area contributed by atoms with E-state index < -0.39 is 0 Å². The van der Waals surface area contributed by atoms with E-state index in [0.717, 1.165) is 22.5 Å². The molecule has 28 heavy (non-hydrogen) atoms. The van der Waals surface area contributed by atoms with Crippen molar-refractivity contribution in [3.63, 3.8) is 0 Å². The molecule has 1 heterocycles. The largest absolute Gasteiger partial charge is 0.260 e. The molecule has 0 atom stereocenters. The fourth-order valence-electron chi connectivity index (χ4n) is 4.20. The molecule has 0 amide bonds. The molecule has 130 valence electrons. The summed E-state index contributed by atoms with van der Waals surface area (Å²) in [4.78, 5) is 9.42. The van der Waals surface area contributed by atoms with E-state index in [-0.39, 0.29) is 0 Å². The smallest absolute Gasteiger partial charge is 0.0898 e. The Bertz CT molecular complexity index is 1440. The van der Waals surface area contributed by atoms with E-state index in [9.17, 15) is 0 Å². The summed E-state index contributed by atoms with van der Waals surface area (Å²) >= 11 is 0. The quantitative estimate of drug-likeness (QED) is 0.322. The molecule has 1 aromatic heterocycles. The second kappa shape index (κ2) is 5.86. The van der Waals surface area contributed by atoms with Crippen LogP contribution in [0.5, 0.6) is 0 Å². The van der Waals surface area contributed by atoms with Gasteiger partial charge in [-0.05, 0) is 32.3 Å². The highest BCUT2D eigenvalue weighted by Gasteiger charge is 2.13. The van der Waals surface area contributed by atoms with Crippen LogP contribution in [0.4, 0.5) is 0 Å². The molecule has 6 aromatic rings. The minimum Gasteiger partial charge on any atom is -0.260 e. The predicted molar refractivity (Wildman–Crippen MR) is 117 cm³/mol. The van der Waals surface area contributed by atoms with Gasteiger partial charge in [-0.25, -0.2) is 4.98 Å². The van der Waals surface area contributed by atoms with Gasteiger partial charge in [0.2, 0.25) is 0 Å². The van der Waals surface area contributed by atoms with Crippen LogP contribution in [-0.4, -0.2) is 9.97 Å². The summed E-state index contributed by atoms with van der Waals surface area (Å²) in [5, 5.41) is 7.66. The average molecular weight is 356 g/mol. The highest BCUT2D eigenvalue weighted by atomic mass is 14.8. The van der Waals surface area contributed by atoms with Gasteiger partial charge in [-0.1, -0.05) is 84.9 Å². The molecular weight excluding hydrogens is 340 g/mol. The molecule has 0 saturated heterocycles. The van der Waals surface area contributed by atoms with Crippen LogP contribution < -0.4 is 0 Å². The Morgan fingerprint density at radius 1 is 0.500 bits per heavy atom. The first-order valence-electron chi connectivity index (χ1n) is 9.43. The topological polar surface area (TPSA) is 25.8 Å². The monoisotopic (exact) mass is 356 g/mol. The van der Waals surface area contributed by atoms with Gasteiger partial charge in [-0.15, -0.1) is 0 Å². The van der Waals surface area contributed by atoms with Crippen molar-refractivity contribution in [3.8, 4) is 22.5 Å². The molecule has 0 aliphatic rings. The molecule has 0 radical (unpaired) electrons. The number of nitrogens with zero attached hydrogens (tertiary/aromatic N) is 2. The fourth-order valence-corrected chi connectivity index (χ4v) is 4.20. The normalized spacial score (nSPS) is 11.6. The maximum atomic E-state index is 4.93. The van der Waals surface area contributed by atoms with E-state index in [2.05, 4.69) is 71.7 Å². The van der Waals surface area contributed by atoms with E-state index >= 15 is 0 Å². The first-order valence-corrected chi connectivity index (χ1v) is 9.43. The lowest BCUT2D eigenvalue weighted by atomic mass is 9.91. The first kappa shape index (κ1) is 15.3. The van der Waals surface area contributed by atoms with Crippen molar-refractivity contribution in [1.82, 2.24) is 9.97 Å². The van der Waals surface area contributed by atoms with Gasteiger partial charge in [0.05, 0.1) is 23.8 Å². The van der Waals surface area contributed by atoms with Crippen molar-refractivity contribution in [2.75, 3.05) is 0 Å². The van der Waals surface area contributed by atoms with Gasteiger partial charge >= 0.3 is 0 Å². The Balaban J connectivity index is 1.65. The molecule has 0 N–H and O–H groups in total.